The van der Waals surface area contributed by atoms with Crippen LogP contribution in [0.4, 0.5) is 10.1 Å². The van der Waals surface area contributed by atoms with E-state index in [1.165, 1.54) is 24.7 Å². The van der Waals surface area contributed by atoms with Crippen LogP contribution in [0.3, 0.4) is 0 Å². The molecule has 0 spiro atoms. The lowest BCUT2D eigenvalue weighted by Crippen LogP contribution is -2.26. The predicted molar refractivity (Wildman–Crippen MR) is 104 cm³/mol. The molecule has 0 atom stereocenters. The summed E-state index contributed by atoms with van der Waals surface area (Å²) in [5, 5.41) is 5.84. The highest BCUT2D eigenvalue weighted by molar-refractivity contribution is 6.31. The number of rotatable bonds is 6. The molecule has 142 valence electrons. The first-order valence-corrected chi connectivity index (χ1v) is 8.80. The third-order valence-electron chi connectivity index (χ3n) is 3.85. The van der Waals surface area contributed by atoms with Crippen molar-refractivity contribution in [3.63, 3.8) is 0 Å². The zero-order valence-corrected chi connectivity index (χ0v) is 15.4. The van der Waals surface area contributed by atoms with Crippen LogP contribution in [0.1, 0.15) is 26.4 Å². The molecule has 2 amide bonds. The van der Waals surface area contributed by atoms with E-state index in [4.69, 9.17) is 11.6 Å². The van der Waals surface area contributed by atoms with Gasteiger partial charge in [-0.3, -0.25) is 14.6 Å². The van der Waals surface area contributed by atoms with E-state index >= 15 is 0 Å². The van der Waals surface area contributed by atoms with E-state index in [1.807, 2.05) is 18.2 Å². The molecule has 0 radical (unpaired) electrons. The Morgan fingerprint density at radius 2 is 1.89 bits per heavy atom. The summed E-state index contributed by atoms with van der Waals surface area (Å²) in [5.74, 6) is -1.65. The molecule has 1 aromatic heterocycles. The zero-order valence-electron chi connectivity index (χ0n) is 14.7. The summed E-state index contributed by atoms with van der Waals surface area (Å²) in [5.41, 5.74) is 1.22. The van der Waals surface area contributed by atoms with Crippen molar-refractivity contribution in [3.05, 3.63) is 88.7 Å². The van der Waals surface area contributed by atoms with E-state index in [-0.39, 0.29) is 16.9 Å². The van der Waals surface area contributed by atoms with Gasteiger partial charge in [0.25, 0.3) is 11.8 Å². The van der Waals surface area contributed by atoms with Gasteiger partial charge in [0.05, 0.1) is 6.20 Å². The van der Waals surface area contributed by atoms with Crippen molar-refractivity contribution in [2.45, 2.75) is 6.42 Å². The average molecular weight is 399 g/mol. The Morgan fingerprint density at radius 3 is 2.64 bits per heavy atom. The highest BCUT2D eigenvalue weighted by Crippen LogP contribution is 2.16. The summed E-state index contributed by atoms with van der Waals surface area (Å²) >= 11 is 6.09. The molecule has 0 saturated carbocycles. The minimum Gasteiger partial charge on any atom is -0.352 e. The predicted octanol–water partition coefficient (Wildman–Crippen LogP) is 3.49. The smallest absolute Gasteiger partial charge is 0.275 e. The van der Waals surface area contributed by atoms with Crippen molar-refractivity contribution in [2.75, 3.05) is 11.9 Å². The van der Waals surface area contributed by atoms with Crippen molar-refractivity contribution in [3.8, 4) is 0 Å². The fourth-order valence-corrected chi connectivity index (χ4v) is 2.75. The fourth-order valence-electron chi connectivity index (χ4n) is 2.52. The summed E-state index contributed by atoms with van der Waals surface area (Å²) in [6.45, 7) is 0.334. The number of nitrogens with zero attached hydrogens (tertiary/aromatic N) is 2. The number of carbonyl (C=O) groups excluding carboxylic acids is 2. The molecule has 0 aliphatic carbocycles. The summed E-state index contributed by atoms with van der Waals surface area (Å²) < 4.78 is 13.9. The van der Waals surface area contributed by atoms with Crippen LogP contribution in [0.15, 0.2) is 61.1 Å². The Hall–Kier alpha value is -3.32. The van der Waals surface area contributed by atoms with Gasteiger partial charge < -0.3 is 10.6 Å². The van der Waals surface area contributed by atoms with Gasteiger partial charge in [-0.05, 0) is 36.2 Å². The number of benzene rings is 2. The van der Waals surface area contributed by atoms with Crippen LogP contribution in [-0.2, 0) is 6.42 Å². The molecule has 3 rings (SSSR count). The topological polar surface area (TPSA) is 84.0 Å². The monoisotopic (exact) mass is 398 g/mol. The molecule has 0 aliphatic rings. The maximum absolute atomic E-state index is 13.9. The summed E-state index contributed by atoms with van der Waals surface area (Å²) in [6, 6.07) is 10.9. The van der Waals surface area contributed by atoms with Gasteiger partial charge in [0.1, 0.15) is 11.5 Å². The van der Waals surface area contributed by atoms with E-state index in [0.29, 0.717) is 18.0 Å². The number of anilines is 1. The second-order valence-electron chi connectivity index (χ2n) is 5.87. The standard InChI is InChI=1S/C20H16ClFN4O2/c21-17-4-2-1-3-13(17)5-6-25-19(27)14-9-15(22)11-16(10-14)26-20(28)18-12-23-7-8-24-18/h1-4,7-12H,5-6H2,(H,25,27)(H,26,28). The molecule has 1 heterocycles. The summed E-state index contributed by atoms with van der Waals surface area (Å²) in [7, 11) is 0. The second kappa shape index (κ2) is 9.05. The highest BCUT2D eigenvalue weighted by Gasteiger charge is 2.12. The van der Waals surface area contributed by atoms with Crippen molar-refractivity contribution in [2.24, 2.45) is 0 Å². The molecular weight excluding hydrogens is 383 g/mol. The fraction of sp³-hybridized carbons (Fsp3) is 0.100. The lowest BCUT2D eigenvalue weighted by Gasteiger charge is -2.09. The van der Waals surface area contributed by atoms with Gasteiger partial charge in [-0.2, -0.15) is 0 Å². The molecule has 2 aromatic carbocycles. The van der Waals surface area contributed by atoms with Crippen LogP contribution in [0, 0.1) is 5.82 Å². The number of halogens is 2. The van der Waals surface area contributed by atoms with Gasteiger partial charge in [-0.25, -0.2) is 9.37 Å². The number of aromatic nitrogens is 2. The average Bonchev–Trinajstić information content (AvgIpc) is 2.69. The number of nitrogens with one attached hydrogen (secondary N) is 2. The Labute approximate surface area is 165 Å². The van der Waals surface area contributed by atoms with E-state index in [1.54, 1.807) is 6.07 Å². The molecule has 8 heteroatoms. The summed E-state index contributed by atoms with van der Waals surface area (Å²) in [4.78, 5) is 32.1. The number of carbonyl (C=O) groups is 2. The molecule has 0 saturated heterocycles. The third-order valence-corrected chi connectivity index (χ3v) is 4.22. The maximum Gasteiger partial charge on any atom is 0.275 e. The first-order chi connectivity index (χ1) is 13.5. The Balaban J connectivity index is 1.64. The minimum atomic E-state index is -0.645. The van der Waals surface area contributed by atoms with E-state index in [0.717, 1.165) is 17.7 Å². The second-order valence-corrected chi connectivity index (χ2v) is 6.28. The largest absolute Gasteiger partial charge is 0.352 e. The number of hydrogen-bond donors (Lipinski definition) is 2. The third kappa shape index (κ3) is 5.11. The Bertz CT molecular complexity index is 999. The molecule has 0 unspecified atom stereocenters. The molecule has 2 N–H and O–H groups in total. The van der Waals surface area contributed by atoms with Crippen LogP contribution in [-0.4, -0.2) is 28.3 Å². The van der Waals surface area contributed by atoms with Gasteiger partial charge in [0, 0.05) is 35.2 Å². The van der Waals surface area contributed by atoms with Crippen LogP contribution in [0.25, 0.3) is 0 Å². The van der Waals surface area contributed by atoms with Gasteiger partial charge >= 0.3 is 0 Å². The molecule has 0 aliphatic heterocycles. The van der Waals surface area contributed by atoms with Crippen molar-refractivity contribution >= 4 is 29.1 Å². The first kappa shape index (κ1) is 19.4. The minimum absolute atomic E-state index is 0.0810. The van der Waals surface area contributed by atoms with Crippen molar-refractivity contribution in [1.29, 1.82) is 0 Å². The van der Waals surface area contributed by atoms with Crippen molar-refractivity contribution in [1.82, 2.24) is 15.3 Å². The number of amides is 2. The lowest BCUT2D eigenvalue weighted by atomic mass is 10.1. The summed E-state index contributed by atoms with van der Waals surface area (Å²) in [6.07, 6.45) is 4.64. The van der Waals surface area contributed by atoms with Gasteiger partial charge in [-0.1, -0.05) is 29.8 Å². The molecule has 6 nitrogen and oxygen atoms in total. The quantitative estimate of drug-likeness (QED) is 0.665. The van der Waals surface area contributed by atoms with Crippen LogP contribution < -0.4 is 10.6 Å². The molecule has 0 bridgehead atoms. The van der Waals surface area contributed by atoms with Gasteiger partial charge in [0.15, 0.2) is 0 Å². The van der Waals surface area contributed by atoms with Crippen molar-refractivity contribution < 1.29 is 14.0 Å². The maximum atomic E-state index is 13.9. The number of hydrogen-bond acceptors (Lipinski definition) is 4. The first-order valence-electron chi connectivity index (χ1n) is 8.42. The Morgan fingerprint density at radius 1 is 1.07 bits per heavy atom. The zero-order chi connectivity index (χ0) is 19.9. The normalized spacial score (nSPS) is 10.4. The molecule has 3 aromatic rings. The SMILES string of the molecule is O=C(NCCc1ccccc1Cl)c1cc(F)cc(NC(=O)c2cnccn2)c1. The Kier molecular flexibility index (Phi) is 6.29. The van der Waals surface area contributed by atoms with E-state index in [9.17, 15) is 14.0 Å². The van der Waals surface area contributed by atoms with Crippen LogP contribution >= 0.6 is 11.6 Å². The molecule has 28 heavy (non-hydrogen) atoms. The highest BCUT2D eigenvalue weighted by atomic mass is 35.5. The molecule has 0 fully saturated rings. The lowest BCUT2D eigenvalue weighted by molar-refractivity contribution is 0.0952. The van der Waals surface area contributed by atoms with Crippen LogP contribution in [0.5, 0.6) is 0 Å². The van der Waals surface area contributed by atoms with E-state index < -0.39 is 17.6 Å². The van der Waals surface area contributed by atoms with Gasteiger partial charge in [-0.15, -0.1) is 0 Å². The van der Waals surface area contributed by atoms with Crippen LogP contribution in [0.2, 0.25) is 5.02 Å². The molecular formula is C20H16ClFN4O2. The van der Waals surface area contributed by atoms with E-state index in [2.05, 4.69) is 20.6 Å². The van der Waals surface area contributed by atoms with Gasteiger partial charge in [0.2, 0.25) is 0 Å².